The molecule has 0 radical (unpaired) electrons. The standard InChI is InChI=1S/C15H11BrFNS2/c16-11-3-4-14(13(17)7-11)18-8-12-6-10(9-20-12)15-2-1-5-19-15/h1-7,9,18H,8H2. The molecule has 0 aliphatic rings. The van der Waals surface area contributed by atoms with E-state index in [0.717, 1.165) is 4.47 Å². The van der Waals surface area contributed by atoms with Gasteiger partial charge in [0.15, 0.2) is 0 Å². The molecule has 0 bridgehead atoms. The molecular formula is C15H11BrFNS2. The SMILES string of the molecule is Fc1cc(Br)ccc1NCc1cc(-c2cccs2)cs1. The fraction of sp³-hybridized carbons (Fsp3) is 0.0667. The van der Waals surface area contributed by atoms with Gasteiger partial charge >= 0.3 is 0 Å². The summed E-state index contributed by atoms with van der Waals surface area (Å²) in [7, 11) is 0. The van der Waals surface area contributed by atoms with Gasteiger partial charge < -0.3 is 5.32 Å². The molecule has 2 aromatic heterocycles. The Morgan fingerprint density at radius 3 is 2.80 bits per heavy atom. The van der Waals surface area contributed by atoms with Crippen LogP contribution in [0.25, 0.3) is 10.4 Å². The summed E-state index contributed by atoms with van der Waals surface area (Å²) in [5.41, 5.74) is 1.76. The average molecular weight is 368 g/mol. The maximum Gasteiger partial charge on any atom is 0.147 e. The Hall–Kier alpha value is -1.17. The van der Waals surface area contributed by atoms with Crippen molar-refractivity contribution in [2.24, 2.45) is 0 Å². The summed E-state index contributed by atoms with van der Waals surface area (Å²) in [4.78, 5) is 2.46. The van der Waals surface area contributed by atoms with Crippen molar-refractivity contribution in [2.75, 3.05) is 5.32 Å². The van der Waals surface area contributed by atoms with E-state index in [-0.39, 0.29) is 5.82 Å². The van der Waals surface area contributed by atoms with E-state index in [4.69, 9.17) is 0 Å². The Morgan fingerprint density at radius 2 is 2.05 bits per heavy atom. The van der Waals surface area contributed by atoms with Crippen molar-refractivity contribution in [3.05, 3.63) is 62.3 Å². The van der Waals surface area contributed by atoms with Gasteiger partial charge in [0.1, 0.15) is 5.82 Å². The van der Waals surface area contributed by atoms with Crippen molar-refractivity contribution in [2.45, 2.75) is 6.54 Å². The number of benzene rings is 1. The van der Waals surface area contributed by atoms with Crippen molar-refractivity contribution in [1.29, 1.82) is 0 Å². The lowest BCUT2D eigenvalue weighted by atomic mass is 10.2. The predicted molar refractivity (Wildman–Crippen MR) is 89.1 cm³/mol. The Kier molecular flexibility index (Phi) is 4.19. The van der Waals surface area contributed by atoms with Crippen LogP contribution in [0.3, 0.4) is 0 Å². The molecule has 0 atom stereocenters. The molecule has 0 amide bonds. The molecule has 1 N–H and O–H groups in total. The highest BCUT2D eigenvalue weighted by atomic mass is 79.9. The van der Waals surface area contributed by atoms with Gasteiger partial charge in [-0.05, 0) is 41.1 Å². The molecule has 0 aliphatic heterocycles. The summed E-state index contributed by atoms with van der Waals surface area (Å²) in [6, 6.07) is 11.4. The van der Waals surface area contributed by atoms with Gasteiger partial charge in [-0.2, -0.15) is 0 Å². The van der Waals surface area contributed by atoms with Crippen molar-refractivity contribution in [3.63, 3.8) is 0 Å². The number of anilines is 1. The van der Waals surface area contributed by atoms with E-state index in [0.29, 0.717) is 12.2 Å². The van der Waals surface area contributed by atoms with Crippen LogP contribution in [0.4, 0.5) is 10.1 Å². The molecule has 102 valence electrons. The Bertz CT molecular complexity index is 706. The molecular weight excluding hydrogens is 357 g/mol. The van der Waals surface area contributed by atoms with Gasteiger partial charge in [-0.1, -0.05) is 22.0 Å². The number of hydrogen-bond acceptors (Lipinski definition) is 3. The first-order valence-corrected chi connectivity index (χ1v) is 8.58. The highest BCUT2D eigenvalue weighted by molar-refractivity contribution is 9.10. The molecule has 3 aromatic rings. The first-order valence-electron chi connectivity index (χ1n) is 6.02. The fourth-order valence-electron chi connectivity index (χ4n) is 1.86. The van der Waals surface area contributed by atoms with Crippen LogP contribution >= 0.6 is 38.6 Å². The lowest BCUT2D eigenvalue weighted by Crippen LogP contribution is -1.99. The molecule has 2 heterocycles. The van der Waals surface area contributed by atoms with E-state index in [1.165, 1.54) is 21.4 Å². The summed E-state index contributed by atoms with van der Waals surface area (Å²) in [6.45, 7) is 0.634. The second-order valence-electron chi connectivity index (χ2n) is 4.26. The van der Waals surface area contributed by atoms with Crippen LogP contribution in [0.1, 0.15) is 4.88 Å². The Morgan fingerprint density at radius 1 is 1.15 bits per heavy atom. The molecule has 0 saturated carbocycles. The second kappa shape index (κ2) is 6.08. The molecule has 0 fully saturated rings. The van der Waals surface area contributed by atoms with Crippen molar-refractivity contribution < 1.29 is 4.39 Å². The van der Waals surface area contributed by atoms with Crippen LogP contribution < -0.4 is 5.32 Å². The van der Waals surface area contributed by atoms with Gasteiger partial charge in [-0.25, -0.2) is 4.39 Å². The highest BCUT2D eigenvalue weighted by Gasteiger charge is 2.05. The van der Waals surface area contributed by atoms with Gasteiger partial charge in [0.2, 0.25) is 0 Å². The smallest absolute Gasteiger partial charge is 0.147 e. The quantitative estimate of drug-likeness (QED) is 0.596. The normalized spacial score (nSPS) is 10.7. The third-order valence-electron chi connectivity index (χ3n) is 2.84. The fourth-order valence-corrected chi connectivity index (χ4v) is 3.81. The maximum atomic E-state index is 13.7. The van der Waals surface area contributed by atoms with Crippen LogP contribution in [0.5, 0.6) is 0 Å². The summed E-state index contributed by atoms with van der Waals surface area (Å²) in [6.07, 6.45) is 0. The lowest BCUT2D eigenvalue weighted by molar-refractivity contribution is 0.629. The third-order valence-corrected chi connectivity index (χ3v) is 5.19. The largest absolute Gasteiger partial charge is 0.378 e. The topological polar surface area (TPSA) is 12.0 Å². The van der Waals surface area contributed by atoms with Crippen LogP contribution in [0, 0.1) is 5.82 Å². The lowest BCUT2D eigenvalue weighted by Gasteiger charge is -2.06. The second-order valence-corrected chi connectivity index (χ2v) is 7.12. The molecule has 20 heavy (non-hydrogen) atoms. The zero-order valence-corrected chi connectivity index (χ0v) is 13.6. The van der Waals surface area contributed by atoms with Crippen LogP contribution in [-0.2, 0) is 6.54 Å². The Labute approximate surface area is 133 Å². The first kappa shape index (κ1) is 13.8. The zero-order chi connectivity index (χ0) is 13.9. The molecule has 0 unspecified atom stereocenters. The molecule has 3 rings (SSSR count). The summed E-state index contributed by atoms with van der Waals surface area (Å²) < 4.78 is 14.4. The van der Waals surface area contributed by atoms with Gasteiger partial charge in [0.25, 0.3) is 0 Å². The molecule has 1 aromatic carbocycles. The van der Waals surface area contributed by atoms with Crippen LogP contribution in [0.15, 0.2) is 51.6 Å². The molecule has 0 saturated heterocycles. The minimum Gasteiger partial charge on any atom is -0.378 e. The number of thiophene rings is 2. The van der Waals surface area contributed by atoms with Crippen LogP contribution in [-0.4, -0.2) is 0 Å². The van der Waals surface area contributed by atoms with Gasteiger partial charge in [-0.15, -0.1) is 22.7 Å². The van der Waals surface area contributed by atoms with E-state index < -0.39 is 0 Å². The van der Waals surface area contributed by atoms with E-state index in [9.17, 15) is 4.39 Å². The van der Waals surface area contributed by atoms with Gasteiger partial charge in [0, 0.05) is 26.3 Å². The molecule has 1 nitrogen and oxygen atoms in total. The monoisotopic (exact) mass is 367 g/mol. The minimum absolute atomic E-state index is 0.241. The van der Waals surface area contributed by atoms with Crippen molar-refractivity contribution in [1.82, 2.24) is 0 Å². The first-order chi connectivity index (χ1) is 9.72. The van der Waals surface area contributed by atoms with E-state index in [1.54, 1.807) is 28.7 Å². The molecule has 5 heteroatoms. The predicted octanol–water partition coefficient (Wildman–Crippen LogP) is 5.99. The van der Waals surface area contributed by atoms with E-state index in [2.05, 4.69) is 44.1 Å². The third kappa shape index (κ3) is 3.11. The zero-order valence-electron chi connectivity index (χ0n) is 10.4. The summed E-state index contributed by atoms with van der Waals surface area (Å²) in [5.74, 6) is -0.241. The van der Waals surface area contributed by atoms with E-state index in [1.807, 2.05) is 12.1 Å². The average Bonchev–Trinajstić information content (AvgIpc) is 3.08. The molecule has 0 spiro atoms. The summed E-state index contributed by atoms with van der Waals surface area (Å²) in [5, 5.41) is 7.34. The van der Waals surface area contributed by atoms with Crippen molar-refractivity contribution >= 4 is 44.3 Å². The van der Waals surface area contributed by atoms with Gasteiger partial charge in [-0.3, -0.25) is 0 Å². The Balaban J connectivity index is 1.70. The maximum absolute atomic E-state index is 13.7. The number of rotatable bonds is 4. The summed E-state index contributed by atoms with van der Waals surface area (Å²) >= 11 is 6.67. The molecule has 0 aliphatic carbocycles. The minimum atomic E-state index is -0.241. The number of hydrogen-bond donors (Lipinski definition) is 1. The number of nitrogens with one attached hydrogen (secondary N) is 1. The van der Waals surface area contributed by atoms with Gasteiger partial charge in [0.05, 0.1) is 5.69 Å². The van der Waals surface area contributed by atoms with Crippen molar-refractivity contribution in [3.8, 4) is 10.4 Å². The van der Waals surface area contributed by atoms with Crippen LogP contribution in [0.2, 0.25) is 0 Å². The number of halogens is 2. The van der Waals surface area contributed by atoms with E-state index >= 15 is 0 Å². The highest BCUT2D eigenvalue weighted by Crippen LogP contribution is 2.29.